The van der Waals surface area contributed by atoms with Gasteiger partial charge >= 0.3 is 0 Å². The standard InChI is InChI=1S/C14H10Cl2N2O/c1-7-4-9(15)6-12-13(7)19-14(18-12)8-2-3-11(17)10(16)5-8/h2-6H,17H2,1H3. The highest BCUT2D eigenvalue weighted by Crippen LogP contribution is 2.31. The Kier molecular flexibility index (Phi) is 2.88. The molecule has 0 fully saturated rings. The average Bonchev–Trinajstić information content (AvgIpc) is 2.76. The van der Waals surface area contributed by atoms with Gasteiger partial charge in [0.2, 0.25) is 5.89 Å². The van der Waals surface area contributed by atoms with Crippen molar-refractivity contribution in [2.24, 2.45) is 0 Å². The summed E-state index contributed by atoms with van der Waals surface area (Å²) in [4.78, 5) is 4.42. The molecule has 0 unspecified atom stereocenters. The number of benzene rings is 2. The molecule has 3 rings (SSSR count). The zero-order valence-corrected chi connectivity index (χ0v) is 11.6. The van der Waals surface area contributed by atoms with E-state index in [1.807, 2.05) is 19.1 Å². The van der Waals surface area contributed by atoms with Crippen LogP contribution in [0.25, 0.3) is 22.6 Å². The molecule has 0 aliphatic heterocycles. The fourth-order valence-corrected chi connectivity index (χ4v) is 2.39. The summed E-state index contributed by atoms with van der Waals surface area (Å²) < 4.78 is 5.77. The molecule has 0 spiro atoms. The molecule has 2 aromatic carbocycles. The Labute approximate surface area is 119 Å². The second kappa shape index (κ2) is 4.44. The van der Waals surface area contributed by atoms with E-state index in [4.69, 9.17) is 33.4 Å². The summed E-state index contributed by atoms with van der Waals surface area (Å²) in [6, 6.07) is 8.90. The minimum Gasteiger partial charge on any atom is -0.436 e. The van der Waals surface area contributed by atoms with Gasteiger partial charge in [0, 0.05) is 10.6 Å². The summed E-state index contributed by atoms with van der Waals surface area (Å²) in [7, 11) is 0. The van der Waals surface area contributed by atoms with Crippen molar-refractivity contribution in [3.05, 3.63) is 45.9 Å². The molecule has 3 nitrogen and oxygen atoms in total. The van der Waals surface area contributed by atoms with Gasteiger partial charge in [-0.15, -0.1) is 0 Å². The first kappa shape index (κ1) is 12.3. The number of oxazole rings is 1. The van der Waals surface area contributed by atoms with Crippen molar-refractivity contribution >= 4 is 40.0 Å². The van der Waals surface area contributed by atoms with Gasteiger partial charge in [0.1, 0.15) is 5.52 Å². The molecular weight excluding hydrogens is 283 g/mol. The molecule has 1 aromatic heterocycles. The molecule has 5 heteroatoms. The van der Waals surface area contributed by atoms with Crippen LogP contribution < -0.4 is 5.73 Å². The lowest BCUT2D eigenvalue weighted by Gasteiger charge is -1.99. The van der Waals surface area contributed by atoms with Crippen LogP contribution in [0, 0.1) is 6.92 Å². The van der Waals surface area contributed by atoms with Crippen molar-refractivity contribution in [1.29, 1.82) is 0 Å². The summed E-state index contributed by atoms with van der Waals surface area (Å²) in [6.45, 7) is 1.93. The topological polar surface area (TPSA) is 52.0 Å². The molecule has 0 saturated heterocycles. The smallest absolute Gasteiger partial charge is 0.227 e. The first-order valence-electron chi connectivity index (χ1n) is 5.66. The van der Waals surface area contributed by atoms with Gasteiger partial charge in [0.25, 0.3) is 0 Å². The van der Waals surface area contributed by atoms with E-state index in [-0.39, 0.29) is 0 Å². The molecule has 0 atom stereocenters. The zero-order chi connectivity index (χ0) is 13.6. The average molecular weight is 293 g/mol. The Morgan fingerprint density at radius 1 is 1.16 bits per heavy atom. The molecule has 0 amide bonds. The highest BCUT2D eigenvalue weighted by Gasteiger charge is 2.12. The van der Waals surface area contributed by atoms with Gasteiger partial charge in [-0.25, -0.2) is 4.98 Å². The van der Waals surface area contributed by atoms with E-state index in [1.165, 1.54) is 0 Å². The summed E-state index contributed by atoms with van der Waals surface area (Å²) >= 11 is 12.0. The van der Waals surface area contributed by atoms with Gasteiger partial charge in [-0.2, -0.15) is 0 Å². The third-order valence-electron chi connectivity index (χ3n) is 2.89. The molecule has 2 N–H and O–H groups in total. The van der Waals surface area contributed by atoms with Crippen molar-refractivity contribution in [3.63, 3.8) is 0 Å². The first-order chi connectivity index (χ1) is 9.04. The highest BCUT2D eigenvalue weighted by molar-refractivity contribution is 6.33. The number of hydrogen-bond acceptors (Lipinski definition) is 3. The number of aryl methyl sites for hydroxylation is 1. The highest BCUT2D eigenvalue weighted by atomic mass is 35.5. The minimum atomic E-state index is 0.481. The van der Waals surface area contributed by atoms with Crippen LogP contribution in [0.5, 0.6) is 0 Å². The van der Waals surface area contributed by atoms with E-state index < -0.39 is 0 Å². The number of hydrogen-bond donors (Lipinski definition) is 1. The van der Waals surface area contributed by atoms with Crippen molar-refractivity contribution < 1.29 is 4.42 Å². The van der Waals surface area contributed by atoms with E-state index in [2.05, 4.69) is 4.98 Å². The van der Waals surface area contributed by atoms with Crippen molar-refractivity contribution in [3.8, 4) is 11.5 Å². The Balaban J connectivity index is 2.20. The zero-order valence-electron chi connectivity index (χ0n) is 10.1. The lowest BCUT2D eigenvalue weighted by Crippen LogP contribution is -1.86. The van der Waals surface area contributed by atoms with Crippen LogP contribution in [0.15, 0.2) is 34.7 Å². The summed E-state index contributed by atoms with van der Waals surface area (Å²) in [5.74, 6) is 0.502. The third kappa shape index (κ3) is 2.15. The summed E-state index contributed by atoms with van der Waals surface area (Å²) in [5, 5.41) is 1.12. The van der Waals surface area contributed by atoms with E-state index >= 15 is 0 Å². The molecule has 19 heavy (non-hydrogen) atoms. The Morgan fingerprint density at radius 3 is 2.68 bits per heavy atom. The van der Waals surface area contributed by atoms with Gasteiger partial charge in [-0.05, 0) is 42.8 Å². The lowest BCUT2D eigenvalue weighted by atomic mass is 10.2. The van der Waals surface area contributed by atoms with Crippen molar-refractivity contribution in [1.82, 2.24) is 4.98 Å². The molecule has 0 aliphatic rings. The predicted molar refractivity (Wildman–Crippen MR) is 78.6 cm³/mol. The van der Waals surface area contributed by atoms with Crippen LogP contribution in [0.1, 0.15) is 5.56 Å². The lowest BCUT2D eigenvalue weighted by molar-refractivity contribution is 0.617. The summed E-state index contributed by atoms with van der Waals surface area (Å²) in [5.41, 5.74) is 9.40. The quantitative estimate of drug-likeness (QED) is 0.662. The maximum absolute atomic E-state index is 6.01. The number of anilines is 1. The molecule has 0 radical (unpaired) electrons. The van der Waals surface area contributed by atoms with Crippen molar-refractivity contribution in [2.75, 3.05) is 5.73 Å². The Morgan fingerprint density at radius 2 is 1.95 bits per heavy atom. The molecule has 0 aliphatic carbocycles. The molecule has 0 bridgehead atoms. The maximum Gasteiger partial charge on any atom is 0.227 e. The normalized spacial score (nSPS) is 11.1. The van der Waals surface area contributed by atoms with Gasteiger partial charge in [-0.1, -0.05) is 23.2 Å². The second-order valence-corrected chi connectivity index (χ2v) is 5.17. The van der Waals surface area contributed by atoms with Crippen LogP contribution in [-0.4, -0.2) is 4.98 Å². The SMILES string of the molecule is Cc1cc(Cl)cc2nc(-c3ccc(N)c(Cl)c3)oc12. The minimum absolute atomic E-state index is 0.481. The van der Waals surface area contributed by atoms with E-state index in [0.29, 0.717) is 21.6 Å². The van der Waals surface area contributed by atoms with E-state index in [1.54, 1.807) is 18.2 Å². The van der Waals surface area contributed by atoms with E-state index in [0.717, 1.165) is 22.2 Å². The summed E-state index contributed by atoms with van der Waals surface area (Å²) in [6.07, 6.45) is 0. The van der Waals surface area contributed by atoms with Gasteiger partial charge in [0.15, 0.2) is 5.58 Å². The van der Waals surface area contributed by atoms with Crippen LogP contribution in [-0.2, 0) is 0 Å². The van der Waals surface area contributed by atoms with E-state index in [9.17, 15) is 0 Å². The number of rotatable bonds is 1. The van der Waals surface area contributed by atoms with Crippen LogP contribution in [0.3, 0.4) is 0 Å². The number of nitrogens with two attached hydrogens (primary N) is 1. The number of nitrogens with zero attached hydrogens (tertiary/aromatic N) is 1. The van der Waals surface area contributed by atoms with Crippen LogP contribution >= 0.6 is 23.2 Å². The Hall–Kier alpha value is -1.71. The fourth-order valence-electron chi connectivity index (χ4n) is 1.94. The molecule has 0 saturated carbocycles. The van der Waals surface area contributed by atoms with Gasteiger partial charge < -0.3 is 10.2 Å². The van der Waals surface area contributed by atoms with Crippen LogP contribution in [0.4, 0.5) is 5.69 Å². The monoisotopic (exact) mass is 292 g/mol. The third-order valence-corrected chi connectivity index (χ3v) is 3.43. The molecule has 3 aromatic rings. The predicted octanol–water partition coefficient (Wildman–Crippen LogP) is 4.69. The number of nitrogen functional groups attached to an aromatic ring is 1. The largest absolute Gasteiger partial charge is 0.436 e. The molecule has 96 valence electrons. The second-order valence-electron chi connectivity index (χ2n) is 4.33. The number of aromatic nitrogens is 1. The first-order valence-corrected chi connectivity index (χ1v) is 6.42. The number of fused-ring (bicyclic) bond motifs is 1. The molecular formula is C14H10Cl2N2O. The Bertz CT molecular complexity index is 780. The fraction of sp³-hybridized carbons (Fsp3) is 0.0714. The number of halogens is 2. The maximum atomic E-state index is 6.01. The van der Waals surface area contributed by atoms with Gasteiger partial charge in [-0.3, -0.25) is 0 Å². The van der Waals surface area contributed by atoms with Crippen LogP contribution in [0.2, 0.25) is 10.0 Å². The molecule has 1 heterocycles. The van der Waals surface area contributed by atoms with Crippen molar-refractivity contribution in [2.45, 2.75) is 6.92 Å². The van der Waals surface area contributed by atoms with Gasteiger partial charge in [0.05, 0.1) is 10.7 Å².